The molecule has 2 saturated heterocycles. The summed E-state index contributed by atoms with van der Waals surface area (Å²) in [6, 6.07) is 3.55. The van der Waals surface area contributed by atoms with Gasteiger partial charge in [0.15, 0.2) is 5.65 Å². The van der Waals surface area contributed by atoms with Gasteiger partial charge in [-0.2, -0.15) is 4.52 Å². The van der Waals surface area contributed by atoms with Crippen molar-refractivity contribution in [3.8, 4) is 0 Å². The number of tetrazole rings is 1. The lowest BCUT2D eigenvalue weighted by Gasteiger charge is -2.48. The molecule has 1 atom stereocenters. The molecule has 2 aliphatic heterocycles. The molecule has 2 aliphatic rings. The van der Waals surface area contributed by atoms with E-state index in [1.54, 1.807) is 18.3 Å². The van der Waals surface area contributed by atoms with Gasteiger partial charge < -0.3 is 9.80 Å². The Kier molecular flexibility index (Phi) is 4.80. The second kappa shape index (κ2) is 7.25. The van der Waals surface area contributed by atoms with E-state index in [0.717, 1.165) is 58.3 Å². The number of nitrogens with zero attached hydrogens (tertiary/aromatic N) is 6. The van der Waals surface area contributed by atoms with E-state index < -0.39 is 0 Å². The lowest BCUT2D eigenvalue weighted by Crippen LogP contribution is -2.55. The Morgan fingerprint density at radius 2 is 2.15 bits per heavy atom. The Labute approximate surface area is 158 Å². The Morgan fingerprint density at radius 3 is 3.00 bits per heavy atom. The third-order valence-electron chi connectivity index (χ3n) is 5.92. The van der Waals surface area contributed by atoms with Gasteiger partial charge in [-0.3, -0.25) is 9.59 Å². The van der Waals surface area contributed by atoms with Gasteiger partial charge in [-0.25, -0.2) is 0 Å². The summed E-state index contributed by atoms with van der Waals surface area (Å²) in [7, 11) is 0. The van der Waals surface area contributed by atoms with Crippen LogP contribution < -0.4 is 0 Å². The Morgan fingerprint density at radius 1 is 1.26 bits per heavy atom. The molecule has 0 saturated carbocycles. The van der Waals surface area contributed by atoms with Crippen molar-refractivity contribution in [2.75, 3.05) is 26.2 Å². The minimum atomic E-state index is 0.0171. The van der Waals surface area contributed by atoms with Gasteiger partial charge in [-0.05, 0) is 48.2 Å². The molecular weight excluding hydrogens is 344 g/mol. The van der Waals surface area contributed by atoms with Gasteiger partial charge >= 0.3 is 0 Å². The van der Waals surface area contributed by atoms with Gasteiger partial charge in [0.2, 0.25) is 5.91 Å². The summed E-state index contributed by atoms with van der Waals surface area (Å²) >= 11 is 0. The van der Waals surface area contributed by atoms with E-state index >= 15 is 0 Å². The topological polar surface area (TPSA) is 83.7 Å². The van der Waals surface area contributed by atoms with Crippen LogP contribution in [-0.4, -0.2) is 67.8 Å². The zero-order chi connectivity index (χ0) is 18.9. The van der Waals surface area contributed by atoms with Crippen LogP contribution in [0.15, 0.2) is 18.3 Å². The molecular formula is C19H26N6O2. The third kappa shape index (κ3) is 3.52. The van der Waals surface area contributed by atoms with Crippen LogP contribution in [0.4, 0.5) is 0 Å². The van der Waals surface area contributed by atoms with Crippen LogP contribution >= 0.6 is 0 Å². The molecule has 2 aromatic heterocycles. The first-order chi connectivity index (χ1) is 13.1. The van der Waals surface area contributed by atoms with Gasteiger partial charge in [-0.15, -0.1) is 5.10 Å². The number of pyridine rings is 1. The minimum Gasteiger partial charge on any atom is -0.342 e. The normalized spacial score (nSPS) is 23.4. The highest BCUT2D eigenvalue weighted by Crippen LogP contribution is 2.39. The molecule has 2 amide bonds. The summed E-state index contributed by atoms with van der Waals surface area (Å²) in [6.07, 6.45) is 7.36. The largest absolute Gasteiger partial charge is 0.342 e. The molecule has 4 heterocycles. The van der Waals surface area contributed by atoms with E-state index in [-0.39, 0.29) is 17.2 Å². The monoisotopic (exact) mass is 370 g/mol. The summed E-state index contributed by atoms with van der Waals surface area (Å²) in [5, 5.41) is 11.4. The summed E-state index contributed by atoms with van der Waals surface area (Å²) < 4.78 is 1.53. The van der Waals surface area contributed by atoms with Crippen LogP contribution in [0.5, 0.6) is 0 Å². The number of rotatable bonds is 4. The third-order valence-corrected chi connectivity index (χ3v) is 5.92. The quantitative estimate of drug-likeness (QED) is 0.819. The predicted molar refractivity (Wildman–Crippen MR) is 99.1 cm³/mol. The van der Waals surface area contributed by atoms with Crippen LogP contribution in [0.1, 0.15) is 55.8 Å². The first-order valence-corrected chi connectivity index (χ1v) is 9.85. The standard InChI is InChI=1S/C19H26N6O2/c1-2-3-10-23-13-19(9-7-17(23)26)8-4-11-24(14-19)18(27)15-5-6-16-20-21-22-25(16)12-15/h5-6,12H,2-4,7-11,13-14H2,1H3/t19-/m0/s1. The summed E-state index contributed by atoms with van der Waals surface area (Å²) in [6.45, 7) is 5.24. The van der Waals surface area contributed by atoms with Crippen molar-refractivity contribution >= 4 is 17.5 Å². The fourth-order valence-corrected chi connectivity index (χ4v) is 4.42. The summed E-state index contributed by atoms with van der Waals surface area (Å²) in [5.74, 6) is 0.283. The molecule has 4 rings (SSSR count). The summed E-state index contributed by atoms with van der Waals surface area (Å²) in [4.78, 5) is 29.3. The molecule has 0 bridgehead atoms. The average molecular weight is 370 g/mol. The van der Waals surface area contributed by atoms with Crippen molar-refractivity contribution in [2.24, 2.45) is 5.41 Å². The second-order valence-corrected chi connectivity index (χ2v) is 7.90. The predicted octanol–water partition coefficient (Wildman–Crippen LogP) is 1.77. The van der Waals surface area contributed by atoms with Gasteiger partial charge in [0.05, 0.1) is 5.56 Å². The SMILES string of the molecule is CCCCN1C[C@]2(CCCN(C(=O)c3ccc4nnnn4c3)C2)CCC1=O. The number of fused-ring (bicyclic) bond motifs is 1. The Hall–Kier alpha value is -2.51. The van der Waals surface area contributed by atoms with E-state index in [0.29, 0.717) is 17.6 Å². The lowest BCUT2D eigenvalue weighted by atomic mass is 9.73. The molecule has 27 heavy (non-hydrogen) atoms. The zero-order valence-corrected chi connectivity index (χ0v) is 15.8. The maximum atomic E-state index is 13.1. The number of piperidine rings is 2. The average Bonchev–Trinajstić information content (AvgIpc) is 3.16. The van der Waals surface area contributed by atoms with E-state index in [1.807, 2.05) is 9.80 Å². The van der Waals surface area contributed by atoms with Crippen molar-refractivity contribution in [1.82, 2.24) is 29.8 Å². The van der Waals surface area contributed by atoms with E-state index in [1.165, 1.54) is 4.52 Å². The van der Waals surface area contributed by atoms with Crippen LogP contribution in [0.2, 0.25) is 0 Å². The highest BCUT2D eigenvalue weighted by Gasteiger charge is 2.42. The van der Waals surface area contributed by atoms with E-state index in [4.69, 9.17) is 0 Å². The van der Waals surface area contributed by atoms with Gasteiger partial charge in [0, 0.05) is 44.2 Å². The number of hydrogen-bond acceptors (Lipinski definition) is 5. The molecule has 8 nitrogen and oxygen atoms in total. The molecule has 2 aromatic rings. The molecule has 2 fully saturated rings. The number of carbonyl (C=O) groups is 2. The maximum absolute atomic E-state index is 13.1. The van der Waals surface area contributed by atoms with Crippen molar-refractivity contribution in [3.63, 3.8) is 0 Å². The molecule has 144 valence electrons. The number of carbonyl (C=O) groups excluding carboxylic acids is 2. The molecule has 0 radical (unpaired) electrons. The number of amides is 2. The Balaban J connectivity index is 1.49. The fourth-order valence-electron chi connectivity index (χ4n) is 4.42. The minimum absolute atomic E-state index is 0.0171. The second-order valence-electron chi connectivity index (χ2n) is 7.90. The van der Waals surface area contributed by atoms with Crippen molar-refractivity contribution in [2.45, 2.75) is 45.4 Å². The highest BCUT2D eigenvalue weighted by molar-refractivity contribution is 5.94. The lowest BCUT2D eigenvalue weighted by molar-refractivity contribution is -0.139. The van der Waals surface area contributed by atoms with Crippen LogP contribution in [0.25, 0.3) is 5.65 Å². The molecule has 8 heteroatoms. The van der Waals surface area contributed by atoms with E-state index in [9.17, 15) is 9.59 Å². The molecule has 0 N–H and O–H groups in total. The van der Waals surface area contributed by atoms with Gasteiger partial charge in [0.25, 0.3) is 5.91 Å². The number of aromatic nitrogens is 4. The van der Waals surface area contributed by atoms with Crippen LogP contribution in [-0.2, 0) is 4.79 Å². The Bertz CT molecular complexity index is 850. The van der Waals surface area contributed by atoms with Crippen LogP contribution in [0, 0.1) is 5.41 Å². The molecule has 0 aliphatic carbocycles. The maximum Gasteiger partial charge on any atom is 0.255 e. The van der Waals surface area contributed by atoms with Gasteiger partial charge in [0.1, 0.15) is 0 Å². The van der Waals surface area contributed by atoms with Crippen molar-refractivity contribution < 1.29 is 9.59 Å². The molecule has 0 aromatic carbocycles. The first kappa shape index (κ1) is 17.9. The van der Waals surface area contributed by atoms with E-state index in [2.05, 4.69) is 22.4 Å². The molecule has 0 unspecified atom stereocenters. The fraction of sp³-hybridized carbons (Fsp3) is 0.632. The smallest absolute Gasteiger partial charge is 0.255 e. The molecule has 1 spiro atoms. The number of likely N-dealkylation sites (tertiary alicyclic amines) is 2. The summed E-state index contributed by atoms with van der Waals surface area (Å²) in [5.41, 5.74) is 1.26. The highest BCUT2D eigenvalue weighted by atomic mass is 16.2. The zero-order valence-electron chi connectivity index (χ0n) is 15.8. The van der Waals surface area contributed by atoms with Crippen molar-refractivity contribution in [3.05, 3.63) is 23.9 Å². The van der Waals surface area contributed by atoms with Crippen molar-refractivity contribution in [1.29, 1.82) is 0 Å². The first-order valence-electron chi connectivity index (χ1n) is 9.85. The number of unbranched alkanes of at least 4 members (excludes halogenated alkanes) is 1. The van der Waals surface area contributed by atoms with Gasteiger partial charge in [-0.1, -0.05) is 13.3 Å². The van der Waals surface area contributed by atoms with Crippen LogP contribution in [0.3, 0.4) is 0 Å². The number of hydrogen-bond donors (Lipinski definition) is 0.